The quantitative estimate of drug-likeness (QED) is 0.584. The zero-order valence-corrected chi connectivity index (χ0v) is 18.6. The highest BCUT2D eigenvalue weighted by molar-refractivity contribution is 6.36. The van der Waals surface area contributed by atoms with Gasteiger partial charge in [-0.2, -0.15) is 0 Å². The fourth-order valence-corrected chi connectivity index (χ4v) is 3.63. The summed E-state index contributed by atoms with van der Waals surface area (Å²) in [5.74, 6) is -0.327. The molecule has 4 nitrogen and oxygen atoms in total. The molecule has 156 valence electrons. The molecule has 0 aliphatic rings. The smallest absolute Gasteiger partial charge is 0.243 e. The molecule has 0 aliphatic carbocycles. The maximum atomic E-state index is 13.3. The van der Waals surface area contributed by atoms with Gasteiger partial charge in [-0.25, -0.2) is 0 Å². The molecule has 0 aromatic heterocycles. The van der Waals surface area contributed by atoms with Crippen molar-refractivity contribution >= 4 is 35.0 Å². The maximum absolute atomic E-state index is 13.3. The molecule has 2 amide bonds. The van der Waals surface area contributed by atoms with Gasteiger partial charge in [0.15, 0.2) is 0 Å². The van der Waals surface area contributed by atoms with Crippen LogP contribution in [-0.2, 0) is 22.6 Å². The Hall–Kier alpha value is -2.04. The fraction of sp³-hybridized carbons (Fsp3) is 0.391. The summed E-state index contributed by atoms with van der Waals surface area (Å²) < 4.78 is 0. The lowest BCUT2D eigenvalue weighted by atomic mass is 10.1. The molecule has 0 unspecified atom stereocenters. The van der Waals surface area contributed by atoms with Gasteiger partial charge in [-0.3, -0.25) is 9.59 Å². The van der Waals surface area contributed by atoms with Gasteiger partial charge in [0, 0.05) is 22.6 Å². The maximum Gasteiger partial charge on any atom is 0.243 e. The third-order valence-electron chi connectivity index (χ3n) is 4.97. The van der Waals surface area contributed by atoms with Crippen LogP contribution < -0.4 is 5.32 Å². The van der Waals surface area contributed by atoms with E-state index in [4.69, 9.17) is 23.2 Å². The lowest BCUT2D eigenvalue weighted by Gasteiger charge is -2.31. The summed E-state index contributed by atoms with van der Waals surface area (Å²) in [5.41, 5.74) is 1.54. The Morgan fingerprint density at radius 2 is 1.59 bits per heavy atom. The highest BCUT2D eigenvalue weighted by atomic mass is 35.5. The summed E-state index contributed by atoms with van der Waals surface area (Å²) in [6, 6.07) is 14.3. The molecule has 2 aromatic carbocycles. The number of nitrogens with one attached hydrogen (secondary N) is 1. The molecule has 0 heterocycles. The number of benzene rings is 2. The summed E-state index contributed by atoms with van der Waals surface area (Å²) >= 11 is 12.5. The van der Waals surface area contributed by atoms with E-state index in [-0.39, 0.29) is 24.3 Å². The molecule has 1 N–H and O–H groups in total. The standard InChI is InChI=1S/C23H28Cl2N2O2/c1-4-16(3)26-23(29)21(5-2)27(15-17-10-7-6-8-11-17)22(28)14-18-19(24)12-9-13-20(18)25/h6-13,16,21H,4-5,14-15H2,1-3H3,(H,26,29)/t16-,21+/m1/s1. The van der Waals surface area contributed by atoms with Crippen molar-refractivity contribution in [3.8, 4) is 0 Å². The monoisotopic (exact) mass is 434 g/mol. The SMILES string of the molecule is CC[C@@H](C)NC(=O)[C@H](CC)N(Cc1ccccc1)C(=O)Cc1c(Cl)cccc1Cl. The van der Waals surface area contributed by atoms with E-state index >= 15 is 0 Å². The van der Waals surface area contributed by atoms with E-state index < -0.39 is 6.04 Å². The lowest BCUT2D eigenvalue weighted by molar-refractivity contribution is -0.141. The van der Waals surface area contributed by atoms with E-state index in [0.29, 0.717) is 28.6 Å². The Balaban J connectivity index is 2.32. The van der Waals surface area contributed by atoms with Crippen LogP contribution >= 0.6 is 23.2 Å². The Morgan fingerprint density at radius 3 is 2.14 bits per heavy atom. The first-order valence-electron chi connectivity index (χ1n) is 9.94. The average Bonchev–Trinajstić information content (AvgIpc) is 2.71. The average molecular weight is 435 g/mol. The van der Waals surface area contributed by atoms with Crippen molar-refractivity contribution in [1.82, 2.24) is 10.2 Å². The number of carbonyl (C=O) groups excluding carboxylic acids is 2. The van der Waals surface area contributed by atoms with Crippen LogP contribution in [0.25, 0.3) is 0 Å². The predicted octanol–water partition coefficient (Wildman–Crippen LogP) is 5.26. The Morgan fingerprint density at radius 1 is 0.966 bits per heavy atom. The normalized spacial score (nSPS) is 12.9. The zero-order valence-electron chi connectivity index (χ0n) is 17.1. The van der Waals surface area contributed by atoms with Crippen molar-refractivity contribution in [2.24, 2.45) is 0 Å². The Bertz CT molecular complexity index is 807. The minimum absolute atomic E-state index is 0.0401. The van der Waals surface area contributed by atoms with E-state index in [1.807, 2.05) is 51.1 Å². The van der Waals surface area contributed by atoms with Crippen LogP contribution in [-0.4, -0.2) is 28.8 Å². The molecule has 2 atom stereocenters. The van der Waals surface area contributed by atoms with Gasteiger partial charge in [-0.05, 0) is 43.0 Å². The van der Waals surface area contributed by atoms with Gasteiger partial charge in [0.2, 0.25) is 11.8 Å². The van der Waals surface area contributed by atoms with Gasteiger partial charge < -0.3 is 10.2 Å². The van der Waals surface area contributed by atoms with E-state index in [1.165, 1.54) is 0 Å². The molecule has 0 bridgehead atoms. The Kier molecular flexibility index (Phi) is 8.99. The van der Waals surface area contributed by atoms with Crippen molar-refractivity contribution in [2.45, 2.75) is 58.7 Å². The van der Waals surface area contributed by atoms with Crippen LogP contribution in [0.4, 0.5) is 0 Å². The molecule has 0 radical (unpaired) electrons. The zero-order chi connectivity index (χ0) is 21.4. The van der Waals surface area contributed by atoms with Gasteiger partial charge in [-0.1, -0.05) is 73.4 Å². The fourth-order valence-electron chi connectivity index (χ4n) is 3.09. The first-order chi connectivity index (χ1) is 13.9. The second-order valence-electron chi connectivity index (χ2n) is 7.13. The molecular formula is C23H28Cl2N2O2. The molecule has 0 spiro atoms. The molecule has 2 rings (SSSR count). The van der Waals surface area contributed by atoms with Crippen molar-refractivity contribution in [2.75, 3.05) is 0 Å². The number of halogens is 2. The number of hydrogen-bond donors (Lipinski definition) is 1. The highest BCUT2D eigenvalue weighted by Crippen LogP contribution is 2.26. The number of nitrogens with zero attached hydrogens (tertiary/aromatic N) is 1. The molecule has 2 aromatic rings. The minimum atomic E-state index is -0.571. The van der Waals surface area contributed by atoms with Gasteiger partial charge >= 0.3 is 0 Å². The van der Waals surface area contributed by atoms with Crippen molar-refractivity contribution < 1.29 is 9.59 Å². The molecule has 0 saturated heterocycles. The van der Waals surface area contributed by atoms with Crippen molar-refractivity contribution in [1.29, 1.82) is 0 Å². The summed E-state index contributed by atoms with van der Waals surface area (Å²) in [6.07, 6.45) is 1.37. The summed E-state index contributed by atoms with van der Waals surface area (Å²) in [7, 11) is 0. The molecule has 6 heteroatoms. The lowest BCUT2D eigenvalue weighted by Crippen LogP contribution is -2.51. The molecule has 0 saturated carbocycles. The largest absolute Gasteiger partial charge is 0.352 e. The van der Waals surface area contributed by atoms with Crippen LogP contribution in [0.15, 0.2) is 48.5 Å². The Labute approximate surface area is 183 Å². The number of hydrogen-bond acceptors (Lipinski definition) is 2. The topological polar surface area (TPSA) is 49.4 Å². The number of amides is 2. The van der Waals surface area contributed by atoms with Crippen LogP contribution in [0.5, 0.6) is 0 Å². The summed E-state index contributed by atoms with van der Waals surface area (Å²) in [4.78, 5) is 27.9. The summed E-state index contributed by atoms with van der Waals surface area (Å²) in [5, 5.41) is 3.90. The minimum Gasteiger partial charge on any atom is -0.352 e. The van der Waals surface area contributed by atoms with E-state index in [0.717, 1.165) is 12.0 Å². The van der Waals surface area contributed by atoms with Crippen LogP contribution in [0, 0.1) is 0 Å². The van der Waals surface area contributed by atoms with Crippen molar-refractivity contribution in [3.05, 3.63) is 69.7 Å². The van der Waals surface area contributed by atoms with Crippen molar-refractivity contribution in [3.63, 3.8) is 0 Å². The second-order valence-corrected chi connectivity index (χ2v) is 7.94. The van der Waals surface area contributed by atoms with E-state index in [2.05, 4.69) is 5.32 Å². The van der Waals surface area contributed by atoms with Gasteiger partial charge in [0.25, 0.3) is 0 Å². The molecule has 29 heavy (non-hydrogen) atoms. The highest BCUT2D eigenvalue weighted by Gasteiger charge is 2.29. The molecule has 0 fully saturated rings. The van der Waals surface area contributed by atoms with Crippen LogP contribution in [0.3, 0.4) is 0 Å². The molecular weight excluding hydrogens is 407 g/mol. The summed E-state index contributed by atoms with van der Waals surface area (Å²) in [6.45, 7) is 6.22. The van der Waals surface area contributed by atoms with Crippen LogP contribution in [0.1, 0.15) is 44.7 Å². The third-order valence-corrected chi connectivity index (χ3v) is 5.68. The first-order valence-corrected chi connectivity index (χ1v) is 10.7. The number of carbonyl (C=O) groups is 2. The van der Waals surface area contributed by atoms with E-state index in [9.17, 15) is 9.59 Å². The third kappa shape index (κ3) is 6.48. The molecule has 0 aliphatic heterocycles. The van der Waals surface area contributed by atoms with Gasteiger partial charge in [-0.15, -0.1) is 0 Å². The number of rotatable bonds is 9. The van der Waals surface area contributed by atoms with E-state index in [1.54, 1.807) is 23.1 Å². The van der Waals surface area contributed by atoms with Gasteiger partial charge in [0.05, 0.1) is 6.42 Å². The van der Waals surface area contributed by atoms with Crippen LogP contribution in [0.2, 0.25) is 10.0 Å². The van der Waals surface area contributed by atoms with Gasteiger partial charge in [0.1, 0.15) is 6.04 Å². The second kappa shape index (κ2) is 11.2. The predicted molar refractivity (Wildman–Crippen MR) is 119 cm³/mol. The first kappa shape index (κ1) is 23.2.